The van der Waals surface area contributed by atoms with Gasteiger partial charge in [-0.3, -0.25) is 0 Å². The van der Waals surface area contributed by atoms with Crippen LogP contribution in [-0.2, 0) is 0 Å². The molecule has 0 saturated heterocycles. The molecule has 0 aliphatic rings. The molecule has 8 nitrogen and oxygen atoms in total. The van der Waals surface area contributed by atoms with Crippen molar-refractivity contribution in [1.29, 1.82) is 0 Å². The van der Waals surface area contributed by atoms with Crippen molar-refractivity contribution in [2.45, 2.75) is 0 Å². The monoisotopic (exact) mass is 350 g/mol. The third-order valence-electron chi connectivity index (χ3n) is 3.47. The van der Waals surface area contributed by atoms with E-state index in [4.69, 9.17) is 9.47 Å². The van der Waals surface area contributed by atoms with Crippen molar-refractivity contribution in [2.24, 2.45) is 10.2 Å². The quantitative estimate of drug-likeness (QED) is 0.523. The minimum Gasteiger partial charge on any atom is -0.497 e. The third kappa shape index (κ3) is 4.44. The highest BCUT2D eigenvalue weighted by Crippen LogP contribution is 2.11. The molecule has 132 valence electrons. The topological polar surface area (TPSA) is 85.9 Å². The van der Waals surface area contributed by atoms with Crippen LogP contribution >= 0.6 is 0 Å². The number of nitrogens with zero attached hydrogens (tertiary/aromatic N) is 5. The Hall–Kier alpha value is -3.68. The molecule has 1 heterocycles. The number of ether oxygens (including phenoxy) is 2. The zero-order valence-corrected chi connectivity index (χ0v) is 14.4. The maximum Gasteiger partial charge on any atom is 0.265 e. The molecule has 1 aromatic heterocycles. The van der Waals surface area contributed by atoms with Crippen molar-refractivity contribution in [1.82, 2.24) is 14.9 Å². The minimum absolute atomic E-state index is 0.402. The first-order chi connectivity index (χ1) is 12.8. The van der Waals surface area contributed by atoms with E-state index in [0.29, 0.717) is 5.95 Å². The number of nitrogens with one attached hydrogen (secondary N) is 1. The summed E-state index contributed by atoms with van der Waals surface area (Å²) in [5.74, 6) is 1.99. The van der Waals surface area contributed by atoms with Crippen molar-refractivity contribution in [3.63, 3.8) is 0 Å². The van der Waals surface area contributed by atoms with Gasteiger partial charge in [-0.15, -0.1) is 10.2 Å². The average Bonchev–Trinajstić information content (AvgIpc) is 3.14. The summed E-state index contributed by atoms with van der Waals surface area (Å²) in [4.78, 5) is 0. The fourth-order valence-electron chi connectivity index (χ4n) is 2.06. The molecule has 0 amide bonds. The van der Waals surface area contributed by atoms with Gasteiger partial charge in [0.2, 0.25) is 0 Å². The first-order valence-corrected chi connectivity index (χ1v) is 7.80. The molecule has 0 saturated carbocycles. The van der Waals surface area contributed by atoms with Gasteiger partial charge in [-0.1, -0.05) is 0 Å². The summed E-state index contributed by atoms with van der Waals surface area (Å²) in [6.07, 6.45) is 4.86. The van der Waals surface area contributed by atoms with Gasteiger partial charge < -0.3 is 9.47 Å². The highest BCUT2D eigenvalue weighted by Gasteiger charge is 2.00. The highest BCUT2D eigenvalue weighted by atomic mass is 16.5. The molecule has 3 rings (SSSR count). The van der Waals surface area contributed by atoms with E-state index in [-0.39, 0.29) is 0 Å². The van der Waals surface area contributed by atoms with E-state index < -0.39 is 0 Å². The van der Waals surface area contributed by atoms with Crippen LogP contribution in [0.3, 0.4) is 0 Å². The smallest absolute Gasteiger partial charge is 0.265 e. The van der Waals surface area contributed by atoms with Crippen LogP contribution in [-0.4, -0.2) is 41.5 Å². The third-order valence-corrected chi connectivity index (χ3v) is 3.47. The molecule has 3 aromatic rings. The summed E-state index contributed by atoms with van der Waals surface area (Å²) in [6, 6.07) is 15.1. The fraction of sp³-hybridized carbons (Fsp3) is 0.111. The second-order valence-corrected chi connectivity index (χ2v) is 5.16. The number of benzene rings is 2. The SMILES string of the molecule is COc1ccc(/C=N\n2cnnc2N/N=C/c2ccc(OC)cc2)cc1. The normalized spacial score (nSPS) is 11.2. The number of anilines is 1. The van der Waals surface area contributed by atoms with Crippen LogP contribution in [0.5, 0.6) is 11.5 Å². The molecule has 0 aliphatic carbocycles. The van der Waals surface area contributed by atoms with E-state index in [0.717, 1.165) is 22.6 Å². The molecule has 0 radical (unpaired) electrons. The van der Waals surface area contributed by atoms with E-state index in [1.807, 2.05) is 48.5 Å². The van der Waals surface area contributed by atoms with Crippen LogP contribution in [0.15, 0.2) is 65.1 Å². The molecule has 0 fully saturated rings. The highest BCUT2D eigenvalue weighted by molar-refractivity contribution is 5.80. The van der Waals surface area contributed by atoms with E-state index >= 15 is 0 Å². The van der Waals surface area contributed by atoms with Gasteiger partial charge in [0, 0.05) is 0 Å². The van der Waals surface area contributed by atoms with Crippen molar-refractivity contribution in [2.75, 3.05) is 19.6 Å². The molecule has 0 unspecified atom stereocenters. The van der Waals surface area contributed by atoms with Gasteiger partial charge in [0.15, 0.2) is 0 Å². The second kappa shape index (κ2) is 8.43. The summed E-state index contributed by atoms with van der Waals surface area (Å²) < 4.78 is 11.7. The summed E-state index contributed by atoms with van der Waals surface area (Å²) in [6.45, 7) is 0. The lowest BCUT2D eigenvalue weighted by Gasteiger charge is -2.01. The molecular formula is C18H18N6O2. The van der Waals surface area contributed by atoms with Crippen LogP contribution in [0.2, 0.25) is 0 Å². The first-order valence-electron chi connectivity index (χ1n) is 7.80. The minimum atomic E-state index is 0.402. The Kier molecular flexibility index (Phi) is 5.56. The Morgan fingerprint density at radius 2 is 1.46 bits per heavy atom. The van der Waals surface area contributed by atoms with Gasteiger partial charge >= 0.3 is 0 Å². The number of hydrogen-bond acceptors (Lipinski definition) is 7. The number of rotatable bonds is 7. The Morgan fingerprint density at radius 3 is 2.04 bits per heavy atom. The van der Waals surface area contributed by atoms with Gasteiger partial charge in [0.1, 0.15) is 17.8 Å². The molecule has 0 atom stereocenters. The van der Waals surface area contributed by atoms with E-state index in [1.54, 1.807) is 26.6 Å². The summed E-state index contributed by atoms with van der Waals surface area (Å²) >= 11 is 0. The van der Waals surface area contributed by atoms with Crippen LogP contribution in [0, 0.1) is 0 Å². The Labute approximate surface area is 150 Å². The lowest BCUT2D eigenvalue weighted by atomic mass is 10.2. The van der Waals surface area contributed by atoms with Gasteiger partial charge in [0.25, 0.3) is 5.95 Å². The van der Waals surface area contributed by atoms with Gasteiger partial charge in [-0.25, -0.2) is 5.43 Å². The van der Waals surface area contributed by atoms with E-state index in [9.17, 15) is 0 Å². The van der Waals surface area contributed by atoms with E-state index in [1.165, 1.54) is 11.0 Å². The zero-order chi connectivity index (χ0) is 18.2. The van der Waals surface area contributed by atoms with Crippen molar-refractivity contribution < 1.29 is 9.47 Å². The van der Waals surface area contributed by atoms with Crippen LogP contribution in [0.1, 0.15) is 11.1 Å². The predicted octanol–water partition coefficient (Wildman–Crippen LogP) is 2.62. The number of hydrogen-bond donors (Lipinski definition) is 1. The second-order valence-electron chi connectivity index (χ2n) is 5.16. The summed E-state index contributed by atoms with van der Waals surface area (Å²) in [7, 11) is 3.26. The Balaban J connectivity index is 1.63. The summed E-state index contributed by atoms with van der Waals surface area (Å²) in [5.41, 5.74) is 4.66. The lowest BCUT2D eigenvalue weighted by Crippen LogP contribution is -1.99. The predicted molar refractivity (Wildman–Crippen MR) is 100 cm³/mol. The fourth-order valence-corrected chi connectivity index (χ4v) is 2.06. The van der Waals surface area contributed by atoms with Crippen molar-refractivity contribution >= 4 is 18.4 Å². The molecule has 2 aromatic carbocycles. The van der Waals surface area contributed by atoms with Gasteiger partial charge in [0.05, 0.1) is 26.6 Å². The first kappa shape index (κ1) is 17.2. The van der Waals surface area contributed by atoms with Crippen molar-refractivity contribution in [3.05, 3.63) is 66.0 Å². The van der Waals surface area contributed by atoms with Crippen LogP contribution in [0.4, 0.5) is 5.95 Å². The lowest BCUT2D eigenvalue weighted by molar-refractivity contribution is 0.414. The van der Waals surface area contributed by atoms with Crippen molar-refractivity contribution in [3.8, 4) is 11.5 Å². The molecule has 0 bridgehead atoms. The van der Waals surface area contributed by atoms with Crippen LogP contribution in [0.25, 0.3) is 0 Å². The molecule has 0 spiro atoms. The van der Waals surface area contributed by atoms with Gasteiger partial charge in [-0.2, -0.15) is 14.9 Å². The molecule has 0 aliphatic heterocycles. The summed E-state index contributed by atoms with van der Waals surface area (Å²) in [5, 5.41) is 16.2. The number of aromatic nitrogens is 3. The molecule has 1 N–H and O–H groups in total. The van der Waals surface area contributed by atoms with E-state index in [2.05, 4.69) is 25.8 Å². The number of methoxy groups -OCH3 is 2. The maximum atomic E-state index is 5.13. The Morgan fingerprint density at radius 1 is 0.885 bits per heavy atom. The van der Waals surface area contributed by atoms with Crippen LogP contribution < -0.4 is 14.9 Å². The van der Waals surface area contributed by atoms with Gasteiger partial charge in [-0.05, 0) is 59.7 Å². The largest absolute Gasteiger partial charge is 0.497 e. The standard InChI is InChI=1S/C18H18N6O2/c1-25-16-7-3-14(4-8-16)11-19-22-18-23-20-13-24(18)21-12-15-5-9-17(26-2)10-6-15/h3-13H,1-2H3,(H,22,23)/b19-11+,21-12-. The molecular weight excluding hydrogens is 332 g/mol. The molecule has 26 heavy (non-hydrogen) atoms. The number of hydrazone groups is 1. The average molecular weight is 350 g/mol. The Bertz CT molecular complexity index is 885. The maximum absolute atomic E-state index is 5.13. The molecule has 8 heteroatoms. The zero-order valence-electron chi connectivity index (χ0n) is 14.4.